The number of amides is 2. The van der Waals surface area contributed by atoms with Gasteiger partial charge in [0, 0.05) is 39.0 Å². The number of carbonyl (C=O) groups excluding carboxylic acids is 2. The van der Waals surface area contributed by atoms with E-state index >= 15 is 0 Å². The molecule has 20 heavy (non-hydrogen) atoms. The minimum Gasteiger partial charge on any atom is -0.356 e. The molecule has 5 nitrogen and oxygen atoms in total. The van der Waals surface area contributed by atoms with E-state index in [1.54, 1.807) is 24.5 Å². The maximum Gasteiger partial charge on any atom is 0.255 e. The van der Waals surface area contributed by atoms with Crippen LogP contribution in [0, 0.1) is 5.92 Å². The molecule has 0 bridgehead atoms. The number of hydrogen-bond acceptors (Lipinski definition) is 3. The third-order valence-electron chi connectivity index (χ3n) is 3.64. The van der Waals surface area contributed by atoms with Gasteiger partial charge in [0.2, 0.25) is 5.91 Å². The minimum absolute atomic E-state index is 0.00380. The first-order valence-electron chi connectivity index (χ1n) is 7.10. The normalized spacial score (nSPS) is 18.6. The number of nitrogens with zero attached hydrogens (tertiary/aromatic N) is 2. The lowest BCUT2D eigenvalue weighted by molar-refractivity contribution is -0.119. The molecular formula is C15H21N3O2. The number of piperidine rings is 1. The number of likely N-dealkylation sites (tertiary alicyclic amines) is 1. The molecular weight excluding hydrogens is 254 g/mol. The Morgan fingerprint density at radius 3 is 3.05 bits per heavy atom. The van der Waals surface area contributed by atoms with Crippen molar-refractivity contribution in [1.29, 1.82) is 0 Å². The van der Waals surface area contributed by atoms with Crippen LogP contribution in [0.1, 0.15) is 36.5 Å². The van der Waals surface area contributed by atoms with Gasteiger partial charge in [0.15, 0.2) is 0 Å². The maximum absolute atomic E-state index is 12.3. The Kier molecular flexibility index (Phi) is 5.09. The summed E-state index contributed by atoms with van der Waals surface area (Å²) in [5, 5.41) is 2.82. The number of hydrogen-bond donors (Lipinski definition) is 1. The van der Waals surface area contributed by atoms with Crippen molar-refractivity contribution in [1.82, 2.24) is 15.2 Å². The molecule has 0 aliphatic carbocycles. The molecule has 0 spiro atoms. The number of rotatable bonds is 4. The van der Waals surface area contributed by atoms with E-state index in [1.807, 2.05) is 4.90 Å². The fourth-order valence-corrected chi connectivity index (χ4v) is 2.61. The Morgan fingerprint density at radius 1 is 1.50 bits per heavy atom. The molecule has 0 radical (unpaired) electrons. The topological polar surface area (TPSA) is 62.3 Å². The van der Waals surface area contributed by atoms with E-state index < -0.39 is 0 Å². The van der Waals surface area contributed by atoms with Crippen molar-refractivity contribution in [2.45, 2.75) is 26.2 Å². The molecule has 1 aliphatic rings. The van der Waals surface area contributed by atoms with Crippen molar-refractivity contribution < 1.29 is 9.59 Å². The summed E-state index contributed by atoms with van der Waals surface area (Å²) in [5.41, 5.74) is 0.648. The molecule has 0 saturated carbocycles. The van der Waals surface area contributed by atoms with E-state index in [0.29, 0.717) is 18.0 Å². The number of nitrogens with one attached hydrogen (secondary N) is 1. The molecule has 5 heteroatoms. The third kappa shape index (κ3) is 4.05. The first-order chi connectivity index (χ1) is 9.66. The zero-order valence-electron chi connectivity index (χ0n) is 11.8. The summed E-state index contributed by atoms with van der Waals surface area (Å²) in [7, 11) is 0. The van der Waals surface area contributed by atoms with Gasteiger partial charge in [0.05, 0.1) is 5.56 Å². The van der Waals surface area contributed by atoms with Crippen LogP contribution in [0.25, 0.3) is 0 Å². The first kappa shape index (κ1) is 14.5. The van der Waals surface area contributed by atoms with E-state index in [1.165, 1.54) is 6.92 Å². The van der Waals surface area contributed by atoms with Crippen LogP contribution < -0.4 is 5.32 Å². The molecule has 1 fully saturated rings. The maximum atomic E-state index is 12.3. The van der Waals surface area contributed by atoms with Crippen molar-refractivity contribution in [2.75, 3.05) is 19.6 Å². The van der Waals surface area contributed by atoms with E-state index in [0.717, 1.165) is 32.4 Å². The molecule has 1 N–H and O–H groups in total. The van der Waals surface area contributed by atoms with E-state index in [9.17, 15) is 9.59 Å². The van der Waals surface area contributed by atoms with Crippen LogP contribution in [-0.2, 0) is 4.79 Å². The molecule has 2 amide bonds. The first-order valence-corrected chi connectivity index (χ1v) is 7.10. The van der Waals surface area contributed by atoms with Crippen LogP contribution in [0.15, 0.2) is 24.5 Å². The summed E-state index contributed by atoms with van der Waals surface area (Å²) < 4.78 is 0. The highest BCUT2D eigenvalue weighted by Crippen LogP contribution is 2.20. The van der Waals surface area contributed by atoms with Crippen molar-refractivity contribution in [3.63, 3.8) is 0 Å². The van der Waals surface area contributed by atoms with Gasteiger partial charge >= 0.3 is 0 Å². The second-order valence-corrected chi connectivity index (χ2v) is 5.27. The Hall–Kier alpha value is -1.91. The van der Waals surface area contributed by atoms with Gasteiger partial charge in [0.1, 0.15) is 0 Å². The Balaban J connectivity index is 1.87. The lowest BCUT2D eigenvalue weighted by atomic mass is 9.94. The highest BCUT2D eigenvalue weighted by Gasteiger charge is 2.24. The monoisotopic (exact) mass is 275 g/mol. The number of pyridine rings is 1. The van der Waals surface area contributed by atoms with Gasteiger partial charge in [-0.15, -0.1) is 0 Å². The van der Waals surface area contributed by atoms with Crippen LogP contribution >= 0.6 is 0 Å². The van der Waals surface area contributed by atoms with Crippen molar-refractivity contribution in [3.05, 3.63) is 30.1 Å². The fraction of sp³-hybridized carbons (Fsp3) is 0.533. The van der Waals surface area contributed by atoms with Gasteiger partial charge in [-0.1, -0.05) is 0 Å². The van der Waals surface area contributed by atoms with Crippen molar-refractivity contribution in [2.24, 2.45) is 5.92 Å². The fourth-order valence-electron chi connectivity index (χ4n) is 2.61. The Bertz CT molecular complexity index is 461. The van der Waals surface area contributed by atoms with E-state index in [2.05, 4.69) is 10.3 Å². The summed E-state index contributed by atoms with van der Waals surface area (Å²) in [6.45, 7) is 3.80. The molecule has 1 aromatic rings. The van der Waals surface area contributed by atoms with Gasteiger partial charge in [-0.25, -0.2) is 0 Å². The highest BCUT2D eigenvalue weighted by molar-refractivity contribution is 5.93. The summed E-state index contributed by atoms with van der Waals surface area (Å²) in [6.07, 6.45) is 6.36. The lowest BCUT2D eigenvalue weighted by Gasteiger charge is -2.32. The largest absolute Gasteiger partial charge is 0.356 e. The molecule has 0 aromatic carbocycles. The SMILES string of the molecule is CC(=O)NCC[C@@H]1CCCN(C(=O)c2cccnc2)C1. The molecule has 1 aliphatic heterocycles. The molecule has 0 unspecified atom stereocenters. The zero-order valence-corrected chi connectivity index (χ0v) is 11.8. The van der Waals surface area contributed by atoms with Gasteiger partial charge in [0.25, 0.3) is 5.91 Å². The highest BCUT2D eigenvalue weighted by atomic mass is 16.2. The second kappa shape index (κ2) is 7.03. The second-order valence-electron chi connectivity index (χ2n) is 5.27. The summed E-state index contributed by atoms with van der Waals surface area (Å²) >= 11 is 0. The zero-order chi connectivity index (χ0) is 14.4. The third-order valence-corrected chi connectivity index (χ3v) is 3.64. The van der Waals surface area contributed by atoms with Crippen LogP contribution in [0.3, 0.4) is 0 Å². The smallest absolute Gasteiger partial charge is 0.255 e. The molecule has 1 aromatic heterocycles. The number of carbonyl (C=O) groups is 2. The molecule has 1 saturated heterocycles. The van der Waals surface area contributed by atoms with Gasteiger partial charge < -0.3 is 10.2 Å². The standard InChI is InChI=1S/C15H21N3O2/c1-12(19)17-8-6-13-4-3-9-18(11-13)15(20)14-5-2-7-16-10-14/h2,5,7,10,13H,3-4,6,8-9,11H2,1H3,(H,17,19)/t13-/m0/s1. The lowest BCUT2D eigenvalue weighted by Crippen LogP contribution is -2.40. The van der Waals surface area contributed by atoms with Crippen molar-refractivity contribution >= 4 is 11.8 Å². The summed E-state index contributed by atoms with van der Waals surface area (Å²) in [4.78, 5) is 29.1. The molecule has 2 rings (SSSR count). The van der Waals surface area contributed by atoms with Crippen molar-refractivity contribution in [3.8, 4) is 0 Å². The number of aromatic nitrogens is 1. The quantitative estimate of drug-likeness (QED) is 0.905. The Morgan fingerprint density at radius 2 is 2.35 bits per heavy atom. The predicted molar refractivity (Wildman–Crippen MR) is 76.2 cm³/mol. The van der Waals surface area contributed by atoms with Crippen LogP contribution in [-0.4, -0.2) is 41.3 Å². The molecule has 2 heterocycles. The van der Waals surface area contributed by atoms with Gasteiger partial charge in [-0.2, -0.15) is 0 Å². The van der Waals surface area contributed by atoms with E-state index in [-0.39, 0.29) is 11.8 Å². The molecule has 108 valence electrons. The van der Waals surface area contributed by atoms with Gasteiger partial charge in [-0.05, 0) is 37.3 Å². The summed E-state index contributed by atoms with van der Waals surface area (Å²) in [5.74, 6) is 0.530. The van der Waals surface area contributed by atoms with Crippen LogP contribution in [0.2, 0.25) is 0 Å². The van der Waals surface area contributed by atoms with E-state index in [4.69, 9.17) is 0 Å². The van der Waals surface area contributed by atoms with Crippen LogP contribution in [0.5, 0.6) is 0 Å². The van der Waals surface area contributed by atoms with Gasteiger partial charge in [-0.3, -0.25) is 14.6 Å². The minimum atomic E-state index is 0.00380. The Labute approximate surface area is 119 Å². The molecule has 1 atom stereocenters. The predicted octanol–water partition coefficient (Wildman–Crippen LogP) is 1.46. The average molecular weight is 275 g/mol. The van der Waals surface area contributed by atoms with Crippen LogP contribution in [0.4, 0.5) is 0 Å². The summed E-state index contributed by atoms with van der Waals surface area (Å²) in [6, 6.07) is 3.59. The average Bonchev–Trinajstić information content (AvgIpc) is 2.47.